The van der Waals surface area contributed by atoms with Crippen molar-refractivity contribution in [2.75, 3.05) is 37.7 Å². The Hall–Kier alpha value is -4.63. The van der Waals surface area contributed by atoms with Crippen molar-refractivity contribution in [3.63, 3.8) is 0 Å². The fraction of sp³-hybridized carbons (Fsp3) is 0.172. The summed E-state index contributed by atoms with van der Waals surface area (Å²) in [4.78, 5) is 33.3. The van der Waals surface area contributed by atoms with E-state index in [4.69, 9.17) is 16.3 Å². The zero-order chi connectivity index (χ0) is 27.2. The zero-order valence-electron chi connectivity index (χ0n) is 21.0. The highest BCUT2D eigenvalue weighted by atomic mass is 35.5. The average molecular weight is 544 g/mol. The van der Waals surface area contributed by atoms with Crippen LogP contribution in [0.1, 0.15) is 15.9 Å². The molecule has 5 rings (SSSR count). The number of hydrogen-bond acceptors (Lipinski definition) is 7. The molecule has 0 spiro atoms. The number of piperazine rings is 1. The number of fused-ring (bicyclic) bond motifs is 1. The first-order chi connectivity index (χ1) is 19.0. The third kappa shape index (κ3) is 6.10. The van der Waals surface area contributed by atoms with Gasteiger partial charge < -0.3 is 19.6 Å². The molecule has 0 atom stereocenters. The number of carbonyl (C=O) groups excluding carboxylic acids is 2. The maximum Gasteiger partial charge on any atom is 0.271 e. The minimum Gasteiger partial charge on any atom is -0.506 e. The molecule has 0 bridgehead atoms. The number of aromatic hydroxyl groups is 1. The number of hydrazone groups is 1. The van der Waals surface area contributed by atoms with Crippen molar-refractivity contribution in [3.05, 3.63) is 95.3 Å². The number of benzene rings is 3. The van der Waals surface area contributed by atoms with Gasteiger partial charge in [0.15, 0.2) is 6.61 Å². The molecule has 0 unspecified atom stereocenters. The van der Waals surface area contributed by atoms with Crippen LogP contribution in [-0.2, 0) is 4.79 Å². The maximum absolute atomic E-state index is 12.9. The van der Waals surface area contributed by atoms with E-state index in [9.17, 15) is 14.7 Å². The van der Waals surface area contributed by atoms with E-state index in [1.54, 1.807) is 24.7 Å². The van der Waals surface area contributed by atoms with Crippen LogP contribution < -0.4 is 15.1 Å². The predicted octanol–water partition coefficient (Wildman–Crippen LogP) is 4.09. The summed E-state index contributed by atoms with van der Waals surface area (Å²) in [5, 5.41) is 15.4. The van der Waals surface area contributed by atoms with Crippen molar-refractivity contribution in [3.8, 4) is 11.5 Å². The second kappa shape index (κ2) is 11.8. The van der Waals surface area contributed by atoms with Gasteiger partial charge in [0.2, 0.25) is 0 Å². The van der Waals surface area contributed by atoms with Crippen LogP contribution in [0, 0.1) is 0 Å². The summed E-state index contributed by atoms with van der Waals surface area (Å²) in [5.74, 6) is -0.0289. The molecule has 3 aromatic carbocycles. The highest BCUT2D eigenvalue weighted by Crippen LogP contribution is 2.28. The standard InChI is InChI=1S/C29H26ClN5O4/c30-25-17-20(5-7-26(25)36)29(38)33-32-18-21-6-8-27(24-4-2-1-3-23(21)24)39-19-28(37)35-15-13-34(14-16-35)22-9-11-31-12-10-22/h1-12,17-18,36H,13-16,19H2,(H,33,38). The van der Waals surface area contributed by atoms with Gasteiger partial charge in [0, 0.05) is 60.8 Å². The van der Waals surface area contributed by atoms with Gasteiger partial charge in [-0.15, -0.1) is 0 Å². The van der Waals surface area contributed by atoms with Gasteiger partial charge in [-0.3, -0.25) is 14.6 Å². The maximum atomic E-state index is 12.9. The van der Waals surface area contributed by atoms with Gasteiger partial charge in [-0.25, -0.2) is 5.43 Å². The fourth-order valence-electron chi connectivity index (χ4n) is 4.41. The van der Waals surface area contributed by atoms with E-state index in [0.717, 1.165) is 35.1 Å². The fourth-order valence-corrected chi connectivity index (χ4v) is 4.59. The molecule has 2 heterocycles. The first-order valence-corrected chi connectivity index (χ1v) is 12.8. The van der Waals surface area contributed by atoms with Crippen molar-refractivity contribution >= 4 is 46.1 Å². The Morgan fingerprint density at radius 2 is 1.74 bits per heavy atom. The Labute approximate surface area is 230 Å². The molecule has 9 nitrogen and oxygen atoms in total. The lowest BCUT2D eigenvalue weighted by atomic mass is 10.0. The van der Waals surface area contributed by atoms with Crippen LogP contribution in [0.3, 0.4) is 0 Å². The van der Waals surface area contributed by atoms with E-state index in [1.807, 2.05) is 47.4 Å². The molecule has 1 aromatic heterocycles. The van der Waals surface area contributed by atoms with Crippen molar-refractivity contribution < 1.29 is 19.4 Å². The number of ether oxygens (including phenoxy) is 1. The van der Waals surface area contributed by atoms with Crippen molar-refractivity contribution in [1.29, 1.82) is 0 Å². The lowest BCUT2D eigenvalue weighted by Crippen LogP contribution is -2.50. The van der Waals surface area contributed by atoms with Crippen LogP contribution in [0.25, 0.3) is 10.8 Å². The number of hydrogen-bond donors (Lipinski definition) is 2. The molecule has 10 heteroatoms. The first kappa shape index (κ1) is 26.0. The Kier molecular flexibility index (Phi) is 7.88. The summed E-state index contributed by atoms with van der Waals surface area (Å²) in [6.07, 6.45) is 5.08. The smallest absolute Gasteiger partial charge is 0.271 e. The number of phenols is 1. The van der Waals surface area contributed by atoms with Crippen LogP contribution in [0.2, 0.25) is 5.02 Å². The Morgan fingerprint density at radius 1 is 1.00 bits per heavy atom. The quantitative estimate of drug-likeness (QED) is 0.269. The van der Waals surface area contributed by atoms with Gasteiger partial charge in [-0.1, -0.05) is 35.9 Å². The lowest BCUT2D eigenvalue weighted by molar-refractivity contribution is -0.133. The van der Waals surface area contributed by atoms with Gasteiger partial charge >= 0.3 is 0 Å². The second-order valence-corrected chi connectivity index (χ2v) is 9.33. The SMILES string of the molecule is O=C(NN=Cc1ccc(OCC(=O)N2CCN(c3ccncc3)CC2)c2ccccc12)c1ccc(O)c(Cl)c1. The van der Waals surface area contributed by atoms with Gasteiger partial charge in [0.05, 0.1) is 11.2 Å². The summed E-state index contributed by atoms with van der Waals surface area (Å²) in [6, 6.07) is 19.4. The molecule has 1 saturated heterocycles. The number of rotatable bonds is 7. The minimum atomic E-state index is -0.461. The topological polar surface area (TPSA) is 107 Å². The number of halogens is 1. The van der Waals surface area contributed by atoms with Crippen LogP contribution >= 0.6 is 11.6 Å². The van der Waals surface area contributed by atoms with Crippen molar-refractivity contribution in [1.82, 2.24) is 15.3 Å². The molecule has 198 valence electrons. The minimum absolute atomic E-state index is 0.0576. The summed E-state index contributed by atoms with van der Waals surface area (Å²) < 4.78 is 5.96. The number of aromatic nitrogens is 1. The normalized spacial score (nSPS) is 13.6. The lowest BCUT2D eigenvalue weighted by Gasteiger charge is -2.36. The average Bonchev–Trinajstić information content (AvgIpc) is 2.98. The molecule has 2 amide bonds. The number of nitrogens with one attached hydrogen (secondary N) is 1. The molecule has 1 fully saturated rings. The van der Waals surface area contributed by atoms with Crippen LogP contribution in [0.15, 0.2) is 84.2 Å². The third-order valence-electron chi connectivity index (χ3n) is 6.51. The van der Waals surface area contributed by atoms with Crippen LogP contribution in [0.5, 0.6) is 11.5 Å². The number of amides is 2. The van der Waals surface area contributed by atoms with Crippen LogP contribution in [-0.4, -0.2) is 65.8 Å². The summed E-state index contributed by atoms with van der Waals surface area (Å²) in [5.41, 5.74) is 4.60. The van der Waals surface area contributed by atoms with Crippen molar-refractivity contribution in [2.45, 2.75) is 0 Å². The van der Waals surface area contributed by atoms with Gasteiger partial charge in [0.25, 0.3) is 11.8 Å². The van der Waals surface area contributed by atoms with E-state index in [-0.39, 0.29) is 28.8 Å². The molecule has 0 radical (unpaired) electrons. The third-order valence-corrected chi connectivity index (χ3v) is 6.81. The second-order valence-electron chi connectivity index (χ2n) is 8.93. The molecule has 4 aromatic rings. The van der Waals surface area contributed by atoms with E-state index in [0.29, 0.717) is 18.8 Å². The summed E-state index contributed by atoms with van der Waals surface area (Å²) >= 11 is 5.88. The molecule has 2 N–H and O–H groups in total. The summed E-state index contributed by atoms with van der Waals surface area (Å²) in [6.45, 7) is 2.70. The molecule has 1 aliphatic rings. The molecule has 0 aliphatic carbocycles. The monoisotopic (exact) mass is 543 g/mol. The molecular formula is C29H26ClN5O4. The summed E-state index contributed by atoms with van der Waals surface area (Å²) in [7, 11) is 0. The number of pyridine rings is 1. The first-order valence-electron chi connectivity index (χ1n) is 12.4. The highest BCUT2D eigenvalue weighted by Gasteiger charge is 2.22. The molecule has 0 saturated carbocycles. The Morgan fingerprint density at radius 3 is 2.49 bits per heavy atom. The molecular weight excluding hydrogens is 518 g/mol. The Bertz CT molecular complexity index is 1520. The number of anilines is 1. The van der Waals surface area contributed by atoms with Gasteiger partial charge in [-0.05, 0) is 47.9 Å². The van der Waals surface area contributed by atoms with E-state index >= 15 is 0 Å². The van der Waals surface area contributed by atoms with E-state index < -0.39 is 5.91 Å². The number of carbonyl (C=O) groups is 2. The van der Waals surface area contributed by atoms with E-state index in [1.165, 1.54) is 18.2 Å². The number of phenolic OH excluding ortho intramolecular Hbond substituents is 1. The van der Waals surface area contributed by atoms with Gasteiger partial charge in [0.1, 0.15) is 11.5 Å². The van der Waals surface area contributed by atoms with E-state index in [2.05, 4.69) is 20.4 Å². The van der Waals surface area contributed by atoms with Crippen molar-refractivity contribution in [2.24, 2.45) is 5.10 Å². The zero-order valence-corrected chi connectivity index (χ0v) is 21.7. The highest BCUT2D eigenvalue weighted by molar-refractivity contribution is 6.32. The largest absolute Gasteiger partial charge is 0.506 e. The Balaban J connectivity index is 1.20. The number of nitrogens with zero attached hydrogens (tertiary/aromatic N) is 4. The van der Waals surface area contributed by atoms with Gasteiger partial charge in [-0.2, -0.15) is 5.10 Å². The molecule has 1 aliphatic heterocycles. The molecule has 39 heavy (non-hydrogen) atoms. The predicted molar refractivity (Wildman–Crippen MR) is 151 cm³/mol. The van der Waals surface area contributed by atoms with Crippen LogP contribution in [0.4, 0.5) is 5.69 Å².